The van der Waals surface area contributed by atoms with Crippen LogP contribution >= 0.6 is 0 Å². The first-order chi connectivity index (χ1) is 5.81. The molecule has 1 aliphatic carbocycles. The second kappa shape index (κ2) is 3.37. The van der Waals surface area contributed by atoms with E-state index in [1.54, 1.807) is 0 Å². The molecule has 0 aromatic carbocycles. The number of hydrogen-bond acceptors (Lipinski definition) is 1. The number of hydrogen-bond donors (Lipinski definition) is 1. The van der Waals surface area contributed by atoms with Crippen molar-refractivity contribution in [2.24, 2.45) is 11.3 Å². The van der Waals surface area contributed by atoms with E-state index >= 15 is 0 Å². The molecule has 1 nitrogen and oxygen atoms in total. The molecule has 0 aromatic rings. The fourth-order valence-corrected chi connectivity index (χ4v) is 2.87. The molecule has 2 atom stereocenters. The van der Waals surface area contributed by atoms with Gasteiger partial charge in [-0.3, -0.25) is 0 Å². The Kier molecular flexibility index (Phi) is 2.40. The fraction of sp³-hybridized carbons (Fsp3) is 1.00. The molecule has 1 N–H and O–H groups in total. The van der Waals surface area contributed by atoms with Gasteiger partial charge in [-0.05, 0) is 37.1 Å². The average molecular weight is 167 g/mol. The summed E-state index contributed by atoms with van der Waals surface area (Å²) in [6.45, 7) is 5.00. The lowest BCUT2D eigenvalue weighted by atomic mass is 9.79. The molecule has 1 spiro atoms. The maximum atomic E-state index is 3.53. The number of nitrogens with one attached hydrogen (secondary N) is 1. The highest BCUT2D eigenvalue weighted by Gasteiger charge is 2.34. The Morgan fingerprint density at radius 2 is 2.08 bits per heavy atom. The van der Waals surface area contributed by atoms with Crippen molar-refractivity contribution in [3.8, 4) is 0 Å². The highest BCUT2D eigenvalue weighted by atomic mass is 14.9. The normalized spacial score (nSPS) is 43.2. The molecule has 1 heterocycles. The summed E-state index contributed by atoms with van der Waals surface area (Å²) >= 11 is 0. The van der Waals surface area contributed by atoms with Gasteiger partial charge in [0.2, 0.25) is 0 Å². The molecule has 2 unspecified atom stereocenters. The van der Waals surface area contributed by atoms with Crippen molar-refractivity contribution < 1.29 is 0 Å². The largest absolute Gasteiger partial charge is 0.316 e. The Hall–Kier alpha value is -0.0400. The monoisotopic (exact) mass is 167 g/mol. The minimum Gasteiger partial charge on any atom is -0.316 e. The van der Waals surface area contributed by atoms with Gasteiger partial charge in [-0.1, -0.05) is 26.2 Å². The summed E-state index contributed by atoms with van der Waals surface area (Å²) in [5, 5.41) is 3.53. The summed E-state index contributed by atoms with van der Waals surface area (Å²) in [7, 11) is 0. The molecule has 0 amide bonds. The van der Waals surface area contributed by atoms with Crippen LogP contribution in [0.2, 0.25) is 0 Å². The van der Waals surface area contributed by atoms with Crippen LogP contribution in [0.15, 0.2) is 0 Å². The zero-order chi connectivity index (χ0) is 8.44. The molecule has 12 heavy (non-hydrogen) atoms. The van der Waals surface area contributed by atoms with Crippen LogP contribution in [-0.2, 0) is 0 Å². The molecule has 0 radical (unpaired) electrons. The van der Waals surface area contributed by atoms with Gasteiger partial charge in [0.1, 0.15) is 0 Å². The maximum absolute atomic E-state index is 3.53. The predicted molar refractivity (Wildman–Crippen MR) is 52.2 cm³/mol. The number of rotatable bonds is 0. The van der Waals surface area contributed by atoms with Crippen LogP contribution in [-0.4, -0.2) is 13.1 Å². The third-order valence-corrected chi connectivity index (χ3v) is 3.90. The molecule has 70 valence electrons. The Balaban J connectivity index is 1.97. The topological polar surface area (TPSA) is 12.0 Å². The summed E-state index contributed by atoms with van der Waals surface area (Å²) in [6, 6.07) is 0. The smallest absolute Gasteiger partial charge is 0.000829 e. The van der Waals surface area contributed by atoms with E-state index in [1.165, 1.54) is 51.6 Å². The lowest BCUT2D eigenvalue weighted by Crippen LogP contribution is -2.23. The van der Waals surface area contributed by atoms with Gasteiger partial charge in [0.25, 0.3) is 0 Å². The minimum absolute atomic E-state index is 0.727. The van der Waals surface area contributed by atoms with Crippen LogP contribution in [0, 0.1) is 11.3 Å². The van der Waals surface area contributed by atoms with Gasteiger partial charge in [-0.25, -0.2) is 0 Å². The van der Waals surface area contributed by atoms with Crippen molar-refractivity contribution in [1.82, 2.24) is 5.32 Å². The lowest BCUT2D eigenvalue weighted by molar-refractivity contribution is 0.273. The molecular formula is C11H21N. The van der Waals surface area contributed by atoms with Crippen LogP contribution in [0.4, 0.5) is 0 Å². The van der Waals surface area contributed by atoms with Crippen molar-refractivity contribution in [3.63, 3.8) is 0 Å². The zero-order valence-corrected chi connectivity index (χ0v) is 8.23. The van der Waals surface area contributed by atoms with Gasteiger partial charge in [-0.2, -0.15) is 0 Å². The maximum Gasteiger partial charge on any atom is 0.000829 e. The second-order valence-corrected chi connectivity index (χ2v) is 4.96. The standard InChI is InChI=1S/C11H21N/c1-10-3-2-5-11(6-4-10)7-8-12-9-11/h10,12H,2-9H2,1H3. The van der Waals surface area contributed by atoms with Crippen LogP contribution in [0.5, 0.6) is 0 Å². The Morgan fingerprint density at radius 1 is 1.17 bits per heavy atom. The zero-order valence-electron chi connectivity index (χ0n) is 8.23. The quantitative estimate of drug-likeness (QED) is 0.584. The SMILES string of the molecule is CC1CCCC2(CCNC2)CC1. The molecule has 2 fully saturated rings. The van der Waals surface area contributed by atoms with E-state index in [9.17, 15) is 0 Å². The Morgan fingerprint density at radius 3 is 2.83 bits per heavy atom. The highest BCUT2D eigenvalue weighted by Crippen LogP contribution is 2.41. The third-order valence-electron chi connectivity index (χ3n) is 3.90. The molecule has 1 heteroatoms. The summed E-state index contributed by atoms with van der Waals surface area (Å²) in [5.41, 5.74) is 0.727. The van der Waals surface area contributed by atoms with Crippen molar-refractivity contribution >= 4 is 0 Å². The average Bonchev–Trinajstić information content (AvgIpc) is 2.42. The van der Waals surface area contributed by atoms with Gasteiger partial charge in [0, 0.05) is 6.54 Å². The van der Waals surface area contributed by atoms with Crippen LogP contribution < -0.4 is 5.32 Å². The highest BCUT2D eigenvalue weighted by molar-refractivity contribution is 4.89. The minimum atomic E-state index is 0.727. The molecule has 0 bridgehead atoms. The molecule has 1 aliphatic heterocycles. The van der Waals surface area contributed by atoms with Crippen LogP contribution in [0.25, 0.3) is 0 Å². The molecule has 0 aromatic heterocycles. The molecule has 1 saturated carbocycles. The Bertz CT molecular complexity index is 147. The summed E-state index contributed by atoms with van der Waals surface area (Å²) in [6.07, 6.45) is 8.84. The van der Waals surface area contributed by atoms with E-state index < -0.39 is 0 Å². The molecule has 1 saturated heterocycles. The first-order valence-corrected chi connectivity index (χ1v) is 5.52. The van der Waals surface area contributed by atoms with Crippen LogP contribution in [0.3, 0.4) is 0 Å². The van der Waals surface area contributed by atoms with E-state index in [0.29, 0.717) is 0 Å². The summed E-state index contributed by atoms with van der Waals surface area (Å²) in [5.74, 6) is 0.991. The first-order valence-electron chi connectivity index (χ1n) is 5.52. The van der Waals surface area contributed by atoms with E-state index in [4.69, 9.17) is 0 Å². The molecule has 2 aliphatic rings. The fourth-order valence-electron chi connectivity index (χ4n) is 2.87. The van der Waals surface area contributed by atoms with E-state index in [0.717, 1.165) is 11.3 Å². The van der Waals surface area contributed by atoms with Crippen molar-refractivity contribution in [2.45, 2.75) is 45.4 Å². The van der Waals surface area contributed by atoms with Gasteiger partial charge in [-0.15, -0.1) is 0 Å². The van der Waals surface area contributed by atoms with Gasteiger partial charge < -0.3 is 5.32 Å². The van der Waals surface area contributed by atoms with E-state index in [1.807, 2.05) is 0 Å². The lowest BCUT2D eigenvalue weighted by Gasteiger charge is -2.26. The Labute approximate surface area is 75.9 Å². The van der Waals surface area contributed by atoms with E-state index in [-0.39, 0.29) is 0 Å². The summed E-state index contributed by atoms with van der Waals surface area (Å²) in [4.78, 5) is 0. The van der Waals surface area contributed by atoms with Gasteiger partial charge in [0.15, 0.2) is 0 Å². The van der Waals surface area contributed by atoms with Crippen LogP contribution in [0.1, 0.15) is 45.4 Å². The second-order valence-electron chi connectivity index (χ2n) is 4.96. The predicted octanol–water partition coefficient (Wildman–Crippen LogP) is 2.57. The van der Waals surface area contributed by atoms with E-state index in [2.05, 4.69) is 12.2 Å². The molecular weight excluding hydrogens is 146 g/mol. The summed E-state index contributed by atoms with van der Waals surface area (Å²) < 4.78 is 0. The van der Waals surface area contributed by atoms with Crippen molar-refractivity contribution in [2.75, 3.05) is 13.1 Å². The van der Waals surface area contributed by atoms with Gasteiger partial charge in [0.05, 0.1) is 0 Å². The van der Waals surface area contributed by atoms with Crippen molar-refractivity contribution in [1.29, 1.82) is 0 Å². The molecule has 2 rings (SSSR count). The van der Waals surface area contributed by atoms with Gasteiger partial charge >= 0.3 is 0 Å². The third kappa shape index (κ3) is 1.66. The first kappa shape index (κ1) is 8.55. The van der Waals surface area contributed by atoms with Crippen molar-refractivity contribution in [3.05, 3.63) is 0 Å².